The number of carbonyl (C=O) groups is 1. The molecule has 5 heteroatoms. The maximum Gasteiger partial charge on any atom is 0.376 e. The number of rotatable bonds is 4. The van der Waals surface area contributed by atoms with Crippen LogP contribution in [0, 0.1) is 17.8 Å². The van der Waals surface area contributed by atoms with E-state index in [1.54, 1.807) is 6.92 Å². The van der Waals surface area contributed by atoms with E-state index in [-0.39, 0.29) is 5.82 Å². The fourth-order valence-corrected chi connectivity index (χ4v) is 3.56. The van der Waals surface area contributed by atoms with Gasteiger partial charge in [-0.1, -0.05) is 6.42 Å². The summed E-state index contributed by atoms with van der Waals surface area (Å²) in [5.74, 6) is 3.18. The van der Waals surface area contributed by atoms with Gasteiger partial charge in [-0.15, -0.1) is 10.2 Å². The molecule has 1 aromatic heterocycles. The molecule has 2 aliphatic carbocycles. The number of aromatic amines is 1. The molecule has 98 valence electrons. The van der Waals surface area contributed by atoms with Crippen molar-refractivity contribution in [2.24, 2.45) is 17.8 Å². The van der Waals surface area contributed by atoms with Gasteiger partial charge in [0.05, 0.1) is 6.61 Å². The Morgan fingerprint density at radius 1 is 1.39 bits per heavy atom. The first kappa shape index (κ1) is 11.7. The monoisotopic (exact) mass is 249 g/mol. The van der Waals surface area contributed by atoms with E-state index in [1.807, 2.05) is 0 Å². The van der Waals surface area contributed by atoms with E-state index < -0.39 is 5.97 Å². The molecule has 0 saturated heterocycles. The van der Waals surface area contributed by atoms with Crippen LogP contribution in [-0.4, -0.2) is 27.8 Å². The zero-order valence-corrected chi connectivity index (χ0v) is 10.7. The number of H-pyrrole nitrogens is 1. The van der Waals surface area contributed by atoms with Crippen LogP contribution in [0.2, 0.25) is 0 Å². The van der Waals surface area contributed by atoms with Gasteiger partial charge in [-0.3, -0.25) is 0 Å². The molecule has 3 rings (SSSR count). The lowest BCUT2D eigenvalue weighted by Crippen LogP contribution is -2.14. The van der Waals surface area contributed by atoms with Gasteiger partial charge in [0, 0.05) is 6.42 Å². The van der Waals surface area contributed by atoms with Crippen LogP contribution < -0.4 is 0 Å². The predicted octanol–water partition coefficient (Wildman–Crippen LogP) is 1.96. The summed E-state index contributed by atoms with van der Waals surface area (Å²) in [6.07, 6.45) is 6.41. The number of hydrogen-bond donors (Lipinski definition) is 1. The van der Waals surface area contributed by atoms with Crippen LogP contribution in [0.25, 0.3) is 0 Å². The SMILES string of the molecule is CCOC(=O)c1nnc(CC2CC3CCC2C3)[nH]1. The van der Waals surface area contributed by atoms with Gasteiger partial charge in [0.25, 0.3) is 0 Å². The fraction of sp³-hybridized carbons (Fsp3) is 0.769. The zero-order chi connectivity index (χ0) is 12.5. The quantitative estimate of drug-likeness (QED) is 0.828. The molecular weight excluding hydrogens is 230 g/mol. The van der Waals surface area contributed by atoms with Gasteiger partial charge in [-0.05, 0) is 43.9 Å². The molecule has 1 N–H and O–H groups in total. The lowest BCUT2D eigenvalue weighted by atomic mass is 9.86. The molecule has 2 bridgehead atoms. The minimum Gasteiger partial charge on any atom is -0.460 e. The predicted molar refractivity (Wildman–Crippen MR) is 65.0 cm³/mol. The van der Waals surface area contributed by atoms with Crippen molar-refractivity contribution in [3.63, 3.8) is 0 Å². The van der Waals surface area contributed by atoms with Gasteiger partial charge < -0.3 is 9.72 Å². The molecule has 1 aromatic rings. The number of fused-ring (bicyclic) bond motifs is 2. The van der Waals surface area contributed by atoms with Crippen molar-refractivity contribution in [3.8, 4) is 0 Å². The Hall–Kier alpha value is -1.39. The molecule has 3 atom stereocenters. The molecule has 5 nitrogen and oxygen atoms in total. The lowest BCUT2D eigenvalue weighted by molar-refractivity contribution is 0.0512. The third-order valence-corrected chi connectivity index (χ3v) is 4.34. The first-order valence-corrected chi connectivity index (χ1v) is 6.85. The fourth-order valence-electron chi connectivity index (χ4n) is 3.56. The van der Waals surface area contributed by atoms with Crippen molar-refractivity contribution in [3.05, 3.63) is 11.6 Å². The largest absolute Gasteiger partial charge is 0.460 e. The molecule has 2 aliphatic rings. The summed E-state index contributed by atoms with van der Waals surface area (Å²) in [5, 5.41) is 7.92. The third kappa shape index (κ3) is 2.13. The highest BCUT2D eigenvalue weighted by Crippen LogP contribution is 2.49. The van der Waals surface area contributed by atoms with E-state index in [1.165, 1.54) is 25.7 Å². The highest BCUT2D eigenvalue weighted by atomic mass is 16.5. The van der Waals surface area contributed by atoms with Crippen molar-refractivity contribution in [2.45, 2.75) is 39.0 Å². The van der Waals surface area contributed by atoms with Crippen LogP contribution in [0.5, 0.6) is 0 Å². The van der Waals surface area contributed by atoms with Gasteiger partial charge in [-0.25, -0.2) is 4.79 Å². The Morgan fingerprint density at radius 2 is 2.28 bits per heavy atom. The van der Waals surface area contributed by atoms with E-state index in [2.05, 4.69) is 15.2 Å². The van der Waals surface area contributed by atoms with Crippen LogP contribution in [0.1, 0.15) is 49.1 Å². The van der Waals surface area contributed by atoms with E-state index >= 15 is 0 Å². The third-order valence-electron chi connectivity index (χ3n) is 4.34. The molecule has 0 aromatic carbocycles. The molecule has 0 spiro atoms. The maximum absolute atomic E-state index is 11.5. The summed E-state index contributed by atoms with van der Waals surface area (Å²) in [7, 11) is 0. The number of nitrogens with one attached hydrogen (secondary N) is 1. The molecular formula is C13H19N3O2. The normalized spacial score (nSPS) is 29.7. The van der Waals surface area contributed by atoms with Crippen LogP contribution in [0.3, 0.4) is 0 Å². The average molecular weight is 249 g/mol. The number of ether oxygens (including phenoxy) is 1. The molecule has 0 radical (unpaired) electrons. The van der Waals surface area contributed by atoms with Crippen molar-refractivity contribution < 1.29 is 9.53 Å². The second-order valence-corrected chi connectivity index (χ2v) is 5.48. The first-order chi connectivity index (χ1) is 8.76. The van der Waals surface area contributed by atoms with Crippen LogP contribution in [0.15, 0.2) is 0 Å². The highest BCUT2D eigenvalue weighted by Gasteiger charge is 2.39. The Balaban J connectivity index is 1.62. The Morgan fingerprint density at radius 3 is 2.94 bits per heavy atom. The number of hydrogen-bond acceptors (Lipinski definition) is 4. The molecule has 18 heavy (non-hydrogen) atoms. The summed E-state index contributed by atoms with van der Waals surface area (Å²) in [6.45, 7) is 2.14. The molecule has 0 amide bonds. The smallest absolute Gasteiger partial charge is 0.376 e. The number of esters is 1. The first-order valence-electron chi connectivity index (χ1n) is 6.85. The summed E-state index contributed by atoms with van der Waals surface area (Å²) in [6, 6.07) is 0. The minimum absolute atomic E-state index is 0.231. The number of aromatic nitrogens is 3. The molecule has 1 heterocycles. The van der Waals surface area contributed by atoms with E-state index in [4.69, 9.17) is 4.74 Å². The van der Waals surface area contributed by atoms with Crippen LogP contribution in [0.4, 0.5) is 0 Å². The van der Waals surface area contributed by atoms with Gasteiger partial charge in [0.15, 0.2) is 0 Å². The van der Waals surface area contributed by atoms with E-state index in [0.29, 0.717) is 6.61 Å². The lowest BCUT2D eigenvalue weighted by Gasteiger charge is -2.19. The van der Waals surface area contributed by atoms with E-state index in [0.717, 1.165) is 30.0 Å². The summed E-state index contributed by atoms with van der Waals surface area (Å²) >= 11 is 0. The Labute approximate surface area is 106 Å². The Kier molecular flexibility index (Phi) is 3.06. The average Bonchev–Trinajstić information content (AvgIpc) is 3.04. The van der Waals surface area contributed by atoms with Crippen molar-refractivity contribution in [1.82, 2.24) is 15.2 Å². The number of nitrogens with zero attached hydrogens (tertiary/aromatic N) is 2. The van der Waals surface area contributed by atoms with E-state index in [9.17, 15) is 4.79 Å². The Bertz CT molecular complexity index is 443. The molecule has 3 unspecified atom stereocenters. The van der Waals surface area contributed by atoms with Crippen molar-refractivity contribution in [2.75, 3.05) is 6.61 Å². The van der Waals surface area contributed by atoms with Gasteiger partial charge in [-0.2, -0.15) is 0 Å². The molecule has 2 fully saturated rings. The second-order valence-electron chi connectivity index (χ2n) is 5.48. The number of carbonyl (C=O) groups excluding carboxylic acids is 1. The zero-order valence-electron chi connectivity index (χ0n) is 10.7. The standard InChI is InChI=1S/C13H19N3O2/c1-2-18-13(17)12-14-11(15-16-12)7-10-6-8-3-4-9(10)5-8/h8-10H,2-7H2,1H3,(H,14,15,16). The van der Waals surface area contributed by atoms with Gasteiger partial charge in [0.2, 0.25) is 5.82 Å². The van der Waals surface area contributed by atoms with Crippen molar-refractivity contribution in [1.29, 1.82) is 0 Å². The van der Waals surface area contributed by atoms with Crippen LogP contribution in [-0.2, 0) is 11.2 Å². The van der Waals surface area contributed by atoms with Crippen molar-refractivity contribution >= 4 is 5.97 Å². The summed E-state index contributed by atoms with van der Waals surface area (Å²) < 4.78 is 4.89. The summed E-state index contributed by atoms with van der Waals surface area (Å²) in [5.41, 5.74) is 0. The molecule has 0 aliphatic heterocycles. The molecule has 2 saturated carbocycles. The van der Waals surface area contributed by atoms with Gasteiger partial charge >= 0.3 is 5.97 Å². The maximum atomic E-state index is 11.5. The van der Waals surface area contributed by atoms with Gasteiger partial charge in [0.1, 0.15) is 5.82 Å². The highest BCUT2D eigenvalue weighted by molar-refractivity contribution is 5.84. The second kappa shape index (κ2) is 4.71. The topological polar surface area (TPSA) is 67.9 Å². The van der Waals surface area contributed by atoms with Crippen LogP contribution >= 0.6 is 0 Å². The summed E-state index contributed by atoms with van der Waals surface area (Å²) in [4.78, 5) is 14.5. The minimum atomic E-state index is -0.413.